The minimum atomic E-state index is 0.426. The Hall–Kier alpha value is -6.56. The van der Waals surface area contributed by atoms with Crippen molar-refractivity contribution in [1.29, 1.82) is 0 Å². The van der Waals surface area contributed by atoms with E-state index in [1.165, 1.54) is 0 Å². The molecule has 8 bridgehead atoms. The lowest BCUT2D eigenvalue weighted by molar-refractivity contribution is 0.186. The van der Waals surface area contributed by atoms with Crippen molar-refractivity contribution in [3.8, 4) is 44.5 Å². The Labute approximate surface area is 296 Å². The van der Waals surface area contributed by atoms with Gasteiger partial charge in [-0.05, 0) is 64.8 Å². The zero-order valence-electron chi connectivity index (χ0n) is 28.1. The first-order valence-electron chi connectivity index (χ1n) is 17.1. The molecule has 9 rings (SSSR count). The third kappa shape index (κ3) is 5.60. The molecule has 0 atom stereocenters. The van der Waals surface area contributed by atoms with Crippen molar-refractivity contribution in [3.05, 3.63) is 168 Å². The monoisotopic (exact) mass is 658 g/mol. The maximum absolute atomic E-state index is 5.83. The van der Waals surface area contributed by atoms with Crippen LogP contribution in [-0.4, -0.2) is 27.0 Å². The maximum atomic E-state index is 5.83. The summed E-state index contributed by atoms with van der Waals surface area (Å²) in [6, 6.07) is 48.5. The highest BCUT2D eigenvalue weighted by atomic mass is 16.5. The van der Waals surface area contributed by atoms with Gasteiger partial charge < -0.3 is 14.7 Å². The van der Waals surface area contributed by atoms with Crippen LogP contribution in [0.15, 0.2) is 140 Å². The molecule has 7 aromatic rings. The molecule has 0 aliphatic carbocycles. The Kier molecular flexibility index (Phi) is 7.80. The number of nitrogens with zero attached hydrogens (tertiary/aromatic N) is 2. The van der Waals surface area contributed by atoms with Gasteiger partial charge in [0.05, 0.1) is 34.9 Å². The highest BCUT2D eigenvalue weighted by molar-refractivity contribution is 6.00. The number of hydrogen-bond donors (Lipinski definition) is 2. The number of H-pyrrole nitrogens is 2. The molecule has 2 N–H and O–H groups in total. The van der Waals surface area contributed by atoms with E-state index in [2.05, 4.69) is 150 Å². The minimum Gasteiger partial charge on any atom is -0.380 e. The summed E-state index contributed by atoms with van der Waals surface area (Å²) in [5.74, 6) is 0. The smallest absolute Gasteiger partial charge is 0.0737 e. The molecular weight excluding hydrogens is 625 g/mol. The van der Waals surface area contributed by atoms with Gasteiger partial charge in [0.25, 0.3) is 0 Å². The van der Waals surface area contributed by atoms with Crippen molar-refractivity contribution in [2.45, 2.75) is 6.61 Å². The number of hydrogen-bond acceptors (Lipinski definition) is 3. The van der Waals surface area contributed by atoms with E-state index in [-0.39, 0.29) is 0 Å². The predicted octanol–water partition coefficient (Wildman–Crippen LogP) is 11.5. The summed E-state index contributed by atoms with van der Waals surface area (Å²) in [5, 5.41) is 0. The van der Waals surface area contributed by atoms with Crippen molar-refractivity contribution in [1.82, 2.24) is 19.9 Å². The third-order valence-corrected chi connectivity index (χ3v) is 9.50. The Bertz CT molecular complexity index is 2620. The van der Waals surface area contributed by atoms with E-state index in [9.17, 15) is 0 Å². The molecule has 0 fully saturated rings. The van der Waals surface area contributed by atoms with Gasteiger partial charge >= 0.3 is 0 Å². The highest BCUT2D eigenvalue weighted by Gasteiger charge is 2.20. The average molecular weight is 659 g/mol. The van der Waals surface area contributed by atoms with Gasteiger partial charge in [0, 0.05) is 51.5 Å². The first-order valence-corrected chi connectivity index (χ1v) is 17.1. The van der Waals surface area contributed by atoms with E-state index in [4.69, 9.17) is 14.7 Å². The average Bonchev–Trinajstić information content (AvgIpc) is 4.01. The molecule has 0 unspecified atom stereocenters. The molecule has 2 aliphatic heterocycles. The Balaban J connectivity index is 1.51. The molecule has 0 amide bonds. The second kappa shape index (κ2) is 13.0. The predicted molar refractivity (Wildman–Crippen MR) is 211 cm³/mol. The molecule has 5 nitrogen and oxygen atoms in total. The number of nitrogens with one attached hydrogen (secondary N) is 2. The molecule has 5 heteroatoms. The van der Waals surface area contributed by atoms with Crippen molar-refractivity contribution in [2.24, 2.45) is 0 Å². The van der Waals surface area contributed by atoms with Gasteiger partial charge in [-0.2, -0.15) is 0 Å². The molecule has 5 heterocycles. The zero-order chi connectivity index (χ0) is 34.1. The van der Waals surface area contributed by atoms with Gasteiger partial charge in [0.1, 0.15) is 0 Å². The van der Waals surface area contributed by atoms with E-state index >= 15 is 0 Å². The summed E-state index contributed by atoms with van der Waals surface area (Å²) in [6.45, 7) is 0.426. The lowest BCUT2D eigenvalue weighted by atomic mass is 10.0. The summed E-state index contributed by atoms with van der Waals surface area (Å²) < 4.78 is 5.83. The molecule has 3 aromatic heterocycles. The van der Waals surface area contributed by atoms with Crippen LogP contribution in [0.1, 0.15) is 28.3 Å². The molecule has 4 aromatic carbocycles. The lowest BCUT2D eigenvalue weighted by Gasteiger charge is -2.07. The largest absolute Gasteiger partial charge is 0.380 e. The first kappa shape index (κ1) is 30.5. The van der Waals surface area contributed by atoms with Gasteiger partial charge in [-0.15, -0.1) is 0 Å². The van der Waals surface area contributed by atoms with E-state index in [1.807, 2.05) is 24.3 Å². The topological polar surface area (TPSA) is 66.6 Å². The first-order chi connectivity index (χ1) is 25.2. The number of aromatic amines is 2. The van der Waals surface area contributed by atoms with Gasteiger partial charge in [0.15, 0.2) is 0 Å². The highest BCUT2D eigenvalue weighted by Crippen LogP contribution is 2.39. The number of fused-ring (bicyclic) bond motifs is 8. The van der Waals surface area contributed by atoms with Crippen molar-refractivity contribution >= 4 is 46.4 Å². The van der Waals surface area contributed by atoms with Crippen LogP contribution in [0.3, 0.4) is 0 Å². The molecule has 51 heavy (non-hydrogen) atoms. The van der Waals surface area contributed by atoms with Crippen LogP contribution in [0, 0.1) is 0 Å². The number of benzene rings is 4. The van der Waals surface area contributed by atoms with Crippen LogP contribution in [0.5, 0.6) is 0 Å². The molecular formula is C46H34N4O. The van der Waals surface area contributed by atoms with Crippen molar-refractivity contribution in [3.63, 3.8) is 0 Å². The Morgan fingerprint density at radius 3 is 1.22 bits per heavy atom. The van der Waals surface area contributed by atoms with E-state index in [0.717, 1.165) is 94.9 Å². The Morgan fingerprint density at radius 1 is 0.431 bits per heavy atom. The summed E-state index contributed by atoms with van der Waals surface area (Å²) in [4.78, 5) is 18.5. The number of ether oxygens (including phenoxy) is 1. The van der Waals surface area contributed by atoms with E-state index < -0.39 is 0 Å². The molecule has 0 spiro atoms. The fourth-order valence-corrected chi connectivity index (χ4v) is 7.26. The van der Waals surface area contributed by atoms with Crippen LogP contribution in [0.25, 0.3) is 90.9 Å². The summed E-state index contributed by atoms with van der Waals surface area (Å²) in [7, 11) is 1.74. The van der Waals surface area contributed by atoms with Crippen LogP contribution >= 0.6 is 0 Å². The van der Waals surface area contributed by atoms with E-state index in [1.54, 1.807) is 7.11 Å². The summed E-state index contributed by atoms with van der Waals surface area (Å²) in [5.41, 5.74) is 16.8. The van der Waals surface area contributed by atoms with Gasteiger partial charge in [-0.1, -0.05) is 121 Å². The maximum Gasteiger partial charge on any atom is 0.0737 e. The second-order valence-electron chi connectivity index (χ2n) is 12.7. The Morgan fingerprint density at radius 2 is 0.804 bits per heavy atom. The van der Waals surface area contributed by atoms with Gasteiger partial charge in [0.2, 0.25) is 0 Å². The second-order valence-corrected chi connectivity index (χ2v) is 12.7. The number of aromatic nitrogens is 4. The molecule has 0 radical (unpaired) electrons. The SMILES string of the molecule is COCc1cc2[nH]c1c(-c1ccccc1)c1nc(c(-c3ccccc3)c3ccc([nH]3)c(-c3ccccc3)c3nc(c2-c2ccccc2)C=C3)C=C1. The normalized spacial score (nSPS) is 12.0. The fraction of sp³-hybridized carbons (Fsp3) is 0.0435. The van der Waals surface area contributed by atoms with Crippen LogP contribution < -0.4 is 0 Å². The molecule has 2 aliphatic rings. The van der Waals surface area contributed by atoms with Crippen LogP contribution in [-0.2, 0) is 11.3 Å². The summed E-state index contributed by atoms with van der Waals surface area (Å²) in [6.07, 6.45) is 8.53. The molecule has 0 saturated heterocycles. The standard InChI is InChI=1S/C46H34N4O/c1-51-29-34-28-41-44(32-18-10-4-11-19-32)39-25-24-37(48-39)42(30-14-6-2-7-15-30)35-22-23-36(47-35)43(31-16-8-3-9-17-31)38-26-27-40(49-38)45(46(34)50-41)33-20-12-5-13-21-33/h2-28,47,50H,29H2,1H3. The zero-order valence-corrected chi connectivity index (χ0v) is 28.1. The quantitative estimate of drug-likeness (QED) is 0.187. The minimum absolute atomic E-state index is 0.426. The molecule has 0 saturated carbocycles. The third-order valence-electron chi connectivity index (χ3n) is 9.50. The van der Waals surface area contributed by atoms with Crippen molar-refractivity contribution in [2.75, 3.05) is 7.11 Å². The fourth-order valence-electron chi connectivity index (χ4n) is 7.26. The van der Waals surface area contributed by atoms with Gasteiger partial charge in [-0.25, -0.2) is 9.97 Å². The number of methoxy groups -OCH3 is 1. The molecule has 244 valence electrons. The summed E-state index contributed by atoms with van der Waals surface area (Å²) >= 11 is 0. The van der Waals surface area contributed by atoms with E-state index in [0.29, 0.717) is 6.61 Å². The lowest BCUT2D eigenvalue weighted by Crippen LogP contribution is -1.91. The van der Waals surface area contributed by atoms with Crippen LogP contribution in [0.2, 0.25) is 0 Å². The van der Waals surface area contributed by atoms with Crippen molar-refractivity contribution < 1.29 is 4.74 Å². The van der Waals surface area contributed by atoms with Gasteiger partial charge in [-0.3, -0.25) is 0 Å². The van der Waals surface area contributed by atoms with Crippen LogP contribution in [0.4, 0.5) is 0 Å². The number of rotatable bonds is 6.